The van der Waals surface area contributed by atoms with Crippen molar-refractivity contribution in [3.63, 3.8) is 0 Å². The van der Waals surface area contributed by atoms with Crippen molar-refractivity contribution in [1.82, 2.24) is 10.2 Å². The Morgan fingerprint density at radius 2 is 1.92 bits per heavy atom. The Morgan fingerprint density at radius 1 is 1.23 bits per heavy atom. The van der Waals surface area contributed by atoms with Gasteiger partial charge in [0, 0.05) is 37.6 Å². The molecule has 1 aromatic carbocycles. The Labute approximate surface area is 161 Å². The van der Waals surface area contributed by atoms with Gasteiger partial charge in [0.1, 0.15) is 0 Å². The third-order valence-corrected chi connectivity index (χ3v) is 6.45. The van der Waals surface area contributed by atoms with Crippen LogP contribution in [0.5, 0.6) is 0 Å². The van der Waals surface area contributed by atoms with Gasteiger partial charge in [-0.1, -0.05) is 51.4 Å². The van der Waals surface area contributed by atoms with E-state index in [1.807, 2.05) is 31.2 Å². The summed E-state index contributed by atoms with van der Waals surface area (Å²) in [5.41, 5.74) is 2.25. The van der Waals surface area contributed by atoms with Crippen molar-refractivity contribution in [2.24, 2.45) is 5.92 Å². The van der Waals surface area contributed by atoms with Crippen LogP contribution in [0, 0.1) is 12.8 Å². The maximum absolute atomic E-state index is 12.2. The van der Waals surface area contributed by atoms with Crippen molar-refractivity contribution in [1.29, 1.82) is 0 Å². The number of hydrogen-bond donors (Lipinski definition) is 2. The molecular weight excluding hydrogens is 372 g/mol. The molecule has 1 saturated heterocycles. The van der Waals surface area contributed by atoms with Crippen LogP contribution >= 0.6 is 21.6 Å². The van der Waals surface area contributed by atoms with Gasteiger partial charge in [0.15, 0.2) is 0 Å². The number of aliphatic carboxylic acids is 1. The van der Waals surface area contributed by atoms with E-state index in [-0.39, 0.29) is 30.6 Å². The van der Waals surface area contributed by atoms with Crippen LogP contribution in [-0.4, -0.2) is 52.4 Å². The molecule has 2 amide bonds. The molecular formula is C18H24N2O4S2. The number of rotatable bonds is 10. The van der Waals surface area contributed by atoms with Crippen LogP contribution in [-0.2, 0) is 20.9 Å². The summed E-state index contributed by atoms with van der Waals surface area (Å²) in [6, 6.07) is 8.06. The van der Waals surface area contributed by atoms with E-state index in [9.17, 15) is 14.4 Å². The highest BCUT2D eigenvalue weighted by molar-refractivity contribution is 8.76. The van der Waals surface area contributed by atoms with Crippen molar-refractivity contribution in [2.45, 2.75) is 26.3 Å². The fourth-order valence-corrected chi connectivity index (χ4v) is 4.51. The van der Waals surface area contributed by atoms with Crippen molar-refractivity contribution in [2.75, 3.05) is 24.6 Å². The number of likely N-dealkylation sites (tertiary alicyclic amines) is 1. The summed E-state index contributed by atoms with van der Waals surface area (Å²) in [7, 11) is 3.04. The lowest BCUT2D eigenvalue weighted by Gasteiger charge is -2.17. The maximum Gasteiger partial charge on any atom is 0.304 e. The van der Waals surface area contributed by atoms with E-state index >= 15 is 0 Å². The Morgan fingerprint density at radius 3 is 2.62 bits per heavy atom. The number of carbonyl (C=O) groups excluding carboxylic acids is 2. The summed E-state index contributed by atoms with van der Waals surface area (Å²) in [5, 5.41) is 11.4. The molecule has 0 aromatic heterocycles. The molecule has 0 bridgehead atoms. The number of nitrogens with one attached hydrogen (secondary N) is 1. The van der Waals surface area contributed by atoms with E-state index in [1.165, 1.54) is 16.4 Å². The summed E-state index contributed by atoms with van der Waals surface area (Å²) >= 11 is 0. The fraction of sp³-hybridized carbons (Fsp3) is 0.500. The van der Waals surface area contributed by atoms with Gasteiger partial charge in [-0.15, -0.1) is 0 Å². The van der Waals surface area contributed by atoms with Gasteiger partial charge in [0.05, 0.1) is 12.3 Å². The minimum absolute atomic E-state index is 0.0179. The molecule has 2 rings (SSSR count). The van der Waals surface area contributed by atoms with Crippen LogP contribution in [0.15, 0.2) is 24.3 Å². The third-order valence-electron chi connectivity index (χ3n) is 4.05. The predicted octanol–water partition coefficient (Wildman–Crippen LogP) is 2.32. The quantitative estimate of drug-likeness (QED) is 0.466. The molecule has 1 heterocycles. The monoisotopic (exact) mass is 396 g/mol. The van der Waals surface area contributed by atoms with Crippen molar-refractivity contribution in [3.8, 4) is 0 Å². The van der Waals surface area contributed by atoms with Crippen LogP contribution in [0.3, 0.4) is 0 Å². The van der Waals surface area contributed by atoms with E-state index in [0.717, 1.165) is 5.56 Å². The molecule has 0 radical (unpaired) electrons. The van der Waals surface area contributed by atoms with Gasteiger partial charge in [-0.3, -0.25) is 14.4 Å². The van der Waals surface area contributed by atoms with E-state index in [1.54, 1.807) is 15.7 Å². The Kier molecular flexibility index (Phi) is 8.31. The topological polar surface area (TPSA) is 86.7 Å². The van der Waals surface area contributed by atoms with Crippen molar-refractivity contribution >= 4 is 39.4 Å². The van der Waals surface area contributed by atoms with E-state index in [4.69, 9.17) is 5.11 Å². The predicted molar refractivity (Wildman–Crippen MR) is 105 cm³/mol. The molecule has 6 nitrogen and oxygen atoms in total. The average molecular weight is 397 g/mol. The summed E-state index contributed by atoms with van der Waals surface area (Å²) in [5.74, 6) is 0.110. The molecule has 0 aliphatic carbocycles. The van der Waals surface area contributed by atoms with Crippen LogP contribution in [0.1, 0.15) is 24.0 Å². The first-order valence-electron chi connectivity index (χ1n) is 8.53. The van der Waals surface area contributed by atoms with Gasteiger partial charge < -0.3 is 15.3 Å². The first kappa shape index (κ1) is 20.6. The van der Waals surface area contributed by atoms with Crippen LogP contribution in [0.4, 0.5) is 0 Å². The maximum atomic E-state index is 12.2. The van der Waals surface area contributed by atoms with Crippen LogP contribution in [0.2, 0.25) is 0 Å². The number of carboxylic acid groups (broad SMARTS) is 1. The molecule has 1 atom stereocenters. The molecule has 0 spiro atoms. The second-order valence-electron chi connectivity index (χ2n) is 6.24. The first-order valence-corrected chi connectivity index (χ1v) is 11.0. The zero-order chi connectivity index (χ0) is 18.9. The highest BCUT2D eigenvalue weighted by Gasteiger charge is 2.33. The standard InChI is InChI=1S/C18H24N2O4S2/c1-13-2-4-14(5-3-13)11-20-12-15(10-16(20)21)18(24)19-7-9-26-25-8-6-17(22)23/h2-5,15H,6-12H2,1H3,(H,19,24)(H,22,23). The Balaban J connectivity index is 1.66. The zero-order valence-corrected chi connectivity index (χ0v) is 16.4. The lowest BCUT2D eigenvalue weighted by Crippen LogP contribution is -2.34. The van der Waals surface area contributed by atoms with Gasteiger partial charge in [-0.25, -0.2) is 0 Å². The molecule has 1 aliphatic rings. The number of nitrogens with zero attached hydrogens (tertiary/aromatic N) is 1. The molecule has 1 aromatic rings. The summed E-state index contributed by atoms with van der Waals surface area (Å²) in [6.07, 6.45) is 0.406. The zero-order valence-electron chi connectivity index (χ0n) is 14.8. The van der Waals surface area contributed by atoms with Crippen molar-refractivity contribution in [3.05, 3.63) is 35.4 Å². The number of amides is 2. The van der Waals surface area contributed by atoms with Gasteiger partial charge in [0.25, 0.3) is 0 Å². The largest absolute Gasteiger partial charge is 0.481 e. The number of carbonyl (C=O) groups is 3. The second kappa shape index (κ2) is 10.5. The van der Waals surface area contributed by atoms with Gasteiger partial charge in [0.2, 0.25) is 11.8 Å². The Bertz CT molecular complexity index is 637. The van der Waals surface area contributed by atoms with Gasteiger partial charge >= 0.3 is 5.97 Å². The number of aryl methyl sites for hydroxylation is 1. The lowest BCUT2D eigenvalue weighted by atomic mass is 10.1. The number of carboxylic acids is 1. The highest BCUT2D eigenvalue weighted by Crippen LogP contribution is 2.22. The molecule has 1 fully saturated rings. The summed E-state index contributed by atoms with van der Waals surface area (Å²) < 4.78 is 0. The molecule has 1 aliphatic heterocycles. The minimum Gasteiger partial charge on any atom is -0.481 e. The fourth-order valence-electron chi connectivity index (χ4n) is 2.62. The highest BCUT2D eigenvalue weighted by atomic mass is 33.1. The molecule has 1 unspecified atom stereocenters. The molecule has 0 saturated carbocycles. The molecule has 142 valence electrons. The summed E-state index contributed by atoms with van der Waals surface area (Å²) in [4.78, 5) is 36.5. The van der Waals surface area contributed by atoms with Gasteiger partial charge in [-0.2, -0.15) is 0 Å². The second-order valence-corrected chi connectivity index (χ2v) is 8.94. The average Bonchev–Trinajstić information content (AvgIpc) is 2.96. The van der Waals surface area contributed by atoms with E-state index in [0.29, 0.717) is 31.1 Å². The smallest absolute Gasteiger partial charge is 0.304 e. The number of benzene rings is 1. The van der Waals surface area contributed by atoms with Crippen molar-refractivity contribution < 1.29 is 19.5 Å². The Hall–Kier alpha value is -1.67. The first-order chi connectivity index (χ1) is 12.5. The van der Waals surface area contributed by atoms with Crippen LogP contribution in [0.25, 0.3) is 0 Å². The third kappa shape index (κ3) is 6.92. The molecule has 8 heteroatoms. The number of hydrogen-bond acceptors (Lipinski definition) is 5. The minimum atomic E-state index is -0.799. The SMILES string of the molecule is Cc1ccc(CN2CC(C(=O)NCCSSCCC(=O)O)CC2=O)cc1. The normalized spacial score (nSPS) is 16.7. The lowest BCUT2D eigenvalue weighted by molar-refractivity contribution is -0.136. The summed E-state index contributed by atoms with van der Waals surface area (Å²) in [6.45, 7) is 3.54. The van der Waals surface area contributed by atoms with E-state index in [2.05, 4.69) is 5.32 Å². The van der Waals surface area contributed by atoms with Crippen LogP contribution < -0.4 is 5.32 Å². The molecule has 2 N–H and O–H groups in total. The molecule has 26 heavy (non-hydrogen) atoms. The van der Waals surface area contributed by atoms with Gasteiger partial charge in [-0.05, 0) is 12.5 Å². The van der Waals surface area contributed by atoms with E-state index < -0.39 is 5.97 Å².